The van der Waals surface area contributed by atoms with Crippen molar-refractivity contribution < 1.29 is 17.2 Å². The van der Waals surface area contributed by atoms with E-state index >= 15 is 0 Å². The van der Waals surface area contributed by atoms with Gasteiger partial charge in [0.25, 0.3) is 0 Å². The predicted octanol–water partition coefficient (Wildman–Crippen LogP) is 1.17. The SMILES string of the molecule is CCc1c(F)ccc(S(N)(=O)=O)c1F. The normalized spacial score (nSPS) is 11.7. The van der Waals surface area contributed by atoms with E-state index in [9.17, 15) is 17.2 Å². The van der Waals surface area contributed by atoms with Crippen LogP contribution in [0, 0.1) is 11.6 Å². The first-order valence-electron chi connectivity index (χ1n) is 3.87. The molecule has 0 aliphatic rings. The van der Waals surface area contributed by atoms with Crippen LogP contribution < -0.4 is 5.14 Å². The van der Waals surface area contributed by atoms with Crippen molar-refractivity contribution in [1.29, 1.82) is 0 Å². The molecule has 0 heterocycles. The fourth-order valence-corrected chi connectivity index (χ4v) is 1.75. The summed E-state index contributed by atoms with van der Waals surface area (Å²) >= 11 is 0. The Bertz CT molecular complexity index is 457. The van der Waals surface area contributed by atoms with E-state index in [1.54, 1.807) is 0 Å². The van der Waals surface area contributed by atoms with Crippen LogP contribution in [0.3, 0.4) is 0 Å². The van der Waals surface area contributed by atoms with E-state index in [-0.39, 0.29) is 12.0 Å². The van der Waals surface area contributed by atoms with Crippen molar-refractivity contribution in [2.75, 3.05) is 0 Å². The molecule has 0 aliphatic carbocycles. The van der Waals surface area contributed by atoms with Gasteiger partial charge in [-0.3, -0.25) is 0 Å². The maximum absolute atomic E-state index is 13.3. The number of nitrogens with two attached hydrogens (primary N) is 1. The van der Waals surface area contributed by atoms with Crippen LogP contribution in [0.1, 0.15) is 12.5 Å². The Morgan fingerprint density at radius 2 is 1.93 bits per heavy atom. The van der Waals surface area contributed by atoms with Crippen LogP contribution in [0.5, 0.6) is 0 Å². The van der Waals surface area contributed by atoms with Gasteiger partial charge in [0.1, 0.15) is 16.5 Å². The molecular weight excluding hydrogens is 212 g/mol. The van der Waals surface area contributed by atoms with E-state index in [4.69, 9.17) is 5.14 Å². The van der Waals surface area contributed by atoms with E-state index in [0.717, 1.165) is 12.1 Å². The summed E-state index contributed by atoms with van der Waals surface area (Å²) in [6.45, 7) is 1.52. The molecule has 1 aromatic carbocycles. The van der Waals surface area contributed by atoms with Crippen LogP contribution >= 0.6 is 0 Å². The van der Waals surface area contributed by atoms with E-state index in [1.807, 2.05) is 0 Å². The third kappa shape index (κ3) is 1.91. The molecule has 0 spiro atoms. The second-order valence-corrected chi connectivity index (χ2v) is 4.27. The molecule has 0 unspecified atom stereocenters. The highest BCUT2D eigenvalue weighted by Crippen LogP contribution is 2.20. The second-order valence-electron chi connectivity index (χ2n) is 2.74. The molecule has 0 amide bonds. The largest absolute Gasteiger partial charge is 0.240 e. The summed E-state index contributed by atoms with van der Waals surface area (Å²) in [4.78, 5) is -0.671. The number of rotatable bonds is 2. The molecule has 0 fully saturated rings. The van der Waals surface area contributed by atoms with Crippen LogP contribution in [-0.2, 0) is 16.4 Å². The van der Waals surface area contributed by atoms with Gasteiger partial charge >= 0.3 is 0 Å². The molecule has 0 radical (unpaired) electrons. The molecule has 1 rings (SSSR count). The Kier molecular flexibility index (Phi) is 2.86. The Morgan fingerprint density at radius 3 is 2.36 bits per heavy atom. The van der Waals surface area contributed by atoms with Gasteiger partial charge in [-0.2, -0.15) is 0 Å². The van der Waals surface area contributed by atoms with E-state index in [2.05, 4.69) is 0 Å². The summed E-state index contributed by atoms with van der Waals surface area (Å²) in [5.41, 5.74) is -0.267. The monoisotopic (exact) mass is 221 g/mol. The van der Waals surface area contributed by atoms with E-state index < -0.39 is 26.6 Å². The van der Waals surface area contributed by atoms with Crippen molar-refractivity contribution in [3.8, 4) is 0 Å². The minimum absolute atomic E-state index is 0.0705. The molecule has 14 heavy (non-hydrogen) atoms. The summed E-state index contributed by atoms with van der Waals surface area (Å²) in [6.07, 6.45) is 0.0705. The number of halogens is 2. The summed E-state index contributed by atoms with van der Waals surface area (Å²) in [5.74, 6) is -1.87. The maximum atomic E-state index is 13.3. The number of benzene rings is 1. The Balaban J connectivity index is 3.52. The number of hydrogen-bond donors (Lipinski definition) is 1. The standard InChI is InChI=1S/C8H9F2NO2S/c1-2-5-6(9)3-4-7(8(5)10)14(11,12)13/h3-4H,2H2,1H3,(H2,11,12,13). The predicted molar refractivity (Wildman–Crippen MR) is 47.1 cm³/mol. The lowest BCUT2D eigenvalue weighted by molar-refractivity contribution is 0.531. The highest BCUT2D eigenvalue weighted by molar-refractivity contribution is 7.89. The smallest absolute Gasteiger partial charge is 0.225 e. The number of primary sulfonamides is 1. The second kappa shape index (κ2) is 3.62. The molecule has 3 nitrogen and oxygen atoms in total. The van der Waals surface area contributed by atoms with Crippen molar-refractivity contribution >= 4 is 10.0 Å². The Morgan fingerprint density at radius 1 is 1.36 bits per heavy atom. The van der Waals surface area contributed by atoms with Gasteiger partial charge in [0.2, 0.25) is 10.0 Å². The van der Waals surface area contributed by atoms with Crippen LogP contribution in [0.2, 0.25) is 0 Å². The summed E-state index contributed by atoms with van der Waals surface area (Å²) in [6, 6.07) is 1.71. The zero-order valence-corrected chi connectivity index (χ0v) is 8.24. The number of sulfonamides is 1. The number of hydrogen-bond acceptors (Lipinski definition) is 2. The first-order chi connectivity index (χ1) is 6.38. The van der Waals surface area contributed by atoms with Crippen molar-refractivity contribution in [2.45, 2.75) is 18.2 Å². The first-order valence-corrected chi connectivity index (χ1v) is 5.42. The van der Waals surface area contributed by atoms with Crippen LogP contribution in [-0.4, -0.2) is 8.42 Å². The minimum Gasteiger partial charge on any atom is -0.225 e. The summed E-state index contributed by atoms with van der Waals surface area (Å²) in [7, 11) is -4.12. The fraction of sp³-hybridized carbons (Fsp3) is 0.250. The lowest BCUT2D eigenvalue weighted by atomic mass is 10.1. The lowest BCUT2D eigenvalue weighted by Gasteiger charge is -2.05. The molecule has 0 saturated heterocycles. The highest BCUT2D eigenvalue weighted by atomic mass is 32.2. The van der Waals surface area contributed by atoms with Crippen molar-refractivity contribution in [1.82, 2.24) is 0 Å². The van der Waals surface area contributed by atoms with Crippen LogP contribution in [0.25, 0.3) is 0 Å². The Labute approximate surface area is 80.6 Å². The van der Waals surface area contributed by atoms with Gasteiger partial charge in [0, 0.05) is 5.56 Å². The lowest BCUT2D eigenvalue weighted by Crippen LogP contribution is -2.15. The molecule has 0 saturated carbocycles. The average molecular weight is 221 g/mol. The molecule has 6 heteroatoms. The van der Waals surface area contributed by atoms with Crippen molar-refractivity contribution in [3.05, 3.63) is 29.3 Å². The highest BCUT2D eigenvalue weighted by Gasteiger charge is 2.19. The third-order valence-electron chi connectivity index (χ3n) is 1.81. The molecule has 2 N–H and O–H groups in total. The zero-order valence-electron chi connectivity index (χ0n) is 7.42. The van der Waals surface area contributed by atoms with Gasteiger partial charge in [-0.25, -0.2) is 22.3 Å². The van der Waals surface area contributed by atoms with Crippen LogP contribution in [0.15, 0.2) is 17.0 Å². The van der Waals surface area contributed by atoms with Gasteiger partial charge in [-0.05, 0) is 18.6 Å². The average Bonchev–Trinajstić information content (AvgIpc) is 2.02. The van der Waals surface area contributed by atoms with Gasteiger partial charge in [0.15, 0.2) is 0 Å². The van der Waals surface area contributed by atoms with Gasteiger partial charge < -0.3 is 0 Å². The van der Waals surface area contributed by atoms with Crippen LogP contribution in [0.4, 0.5) is 8.78 Å². The van der Waals surface area contributed by atoms with Gasteiger partial charge in [-0.1, -0.05) is 6.92 Å². The molecule has 1 aromatic rings. The Hall–Kier alpha value is -1.01. The zero-order chi connectivity index (χ0) is 10.9. The fourth-order valence-electron chi connectivity index (χ4n) is 1.12. The quantitative estimate of drug-likeness (QED) is 0.815. The third-order valence-corrected chi connectivity index (χ3v) is 2.74. The topological polar surface area (TPSA) is 60.2 Å². The molecule has 0 aromatic heterocycles. The first kappa shape index (κ1) is 11.1. The summed E-state index contributed by atoms with van der Waals surface area (Å²) in [5, 5.41) is 4.74. The van der Waals surface area contributed by atoms with Crippen molar-refractivity contribution in [2.24, 2.45) is 5.14 Å². The van der Waals surface area contributed by atoms with Gasteiger partial charge in [-0.15, -0.1) is 0 Å². The minimum atomic E-state index is -4.12. The maximum Gasteiger partial charge on any atom is 0.240 e. The molecular formula is C8H9F2NO2S. The molecule has 0 bridgehead atoms. The molecule has 0 aliphatic heterocycles. The summed E-state index contributed by atoms with van der Waals surface area (Å²) < 4.78 is 48.0. The van der Waals surface area contributed by atoms with E-state index in [0.29, 0.717) is 0 Å². The van der Waals surface area contributed by atoms with Gasteiger partial charge in [0.05, 0.1) is 0 Å². The molecule has 78 valence electrons. The van der Waals surface area contributed by atoms with E-state index in [1.165, 1.54) is 6.92 Å². The van der Waals surface area contributed by atoms with Crippen molar-refractivity contribution in [3.63, 3.8) is 0 Å². The molecule has 0 atom stereocenters.